The zero-order valence-electron chi connectivity index (χ0n) is 16.1. The lowest BCUT2D eigenvalue weighted by atomic mass is 10.1. The van der Waals surface area contributed by atoms with Crippen LogP contribution in [0.4, 0.5) is 0 Å². The van der Waals surface area contributed by atoms with E-state index < -0.39 is 0 Å². The first-order chi connectivity index (χ1) is 12.7. The fraction of sp³-hybridized carbons (Fsp3) is 0.429. The van der Waals surface area contributed by atoms with Crippen LogP contribution in [0.5, 0.6) is 23.0 Å². The molecule has 0 saturated heterocycles. The van der Waals surface area contributed by atoms with Crippen molar-refractivity contribution in [3.05, 3.63) is 47.5 Å². The maximum absolute atomic E-state index is 5.35. The molecule has 5 heteroatoms. The van der Waals surface area contributed by atoms with Crippen LogP contribution >= 0.6 is 0 Å². The molecule has 142 valence electrons. The molecule has 0 aliphatic heterocycles. The first kappa shape index (κ1) is 19.9. The first-order valence-electron chi connectivity index (χ1n) is 8.84. The quantitative estimate of drug-likeness (QED) is 0.623. The van der Waals surface area contributed by atoms with Gasteiger partial charge in [-0.15, -0.1) is 0 Å². The Kier molecular flexibility index (Phi) is 8.09. The van der Waals surface area contributed by atoms with Gasteiger partial charge in [0, 0.05) is 0 Å². The number of hydrogen-bond acceptors (Lipinski definition) is 5. The van der Waals surface area contributed by atoms with Gasteiger partial charge in [-0.3, -0.25) is 0 Å². The highest BCUT2D eigenvalue weighted by Crippen LogP contribution is 2.28. The normalized spacial score (nSPS) is 10.5. The molecule has 0 amide bonds. The van der Waals surface area contributed by atoms with Crippen LogP contribution in [-0.2, 0) is 12.8 Å². The summed E-state index contributed by atoms with van der Waals surface area (Å²) in [7, 11) is 6.63. The lowest BCUT2D eigenvalue weighted by Gasteiger charge is -2.11. The third kappa shape index (κ3) is 5.56. The van der Waals surface area contributed by atoms with Gasteiger partial charge in [0.1, 0.15) is 0 Å². The predicted molar refractivity (Wildman–Crippen MR) is 104 cm³/mol. The Morgan fingerprint density at radius 2 is 1.12 bits per heavy atom. The van der Waals surface area contributed by atoms with E-state index in [1.807, 2.05) is 24.3 Å². The van der Waals surface area contributed by atoms with Gasteiger partial charge < -0.3 is 24.3 Å². The maximum Gasteiger partial charge on any atom is 0.160 e. The molecule has 0 atom stereocenters. The van der Waals surface area contributed by atoms with Crippen molar-refractivity contribution < 1.29 is 18.9 Å². The molecule has 0 bridgehead atoms. The lowest BCUT2D eigenvalue weighted by molar-refractivity contribution is 0.354. The van der Waals surface area contributed by atoms with Crippen molar-refractivity contribution in [1.29, 1.82) is 0 Å². The van der Waals surface area contributed by atoms with Gasteiger partial charge in [-0.05, 0) is 67.7 Å². The molecule has 0 radical (unpaired) electrons. The predicted octanol–water partition coefficient (Wildman–Crippen LogP) is 3.49. The number of nitrogens with one attached hydrogen (secondary N) is 1. The molecule has 0 spiro atoms. The smallest absolute Gasteiger partial charge is 0.160 e. The topological polar surface area (TPSA) is 49.0 Å². The van der Waals surface area contributed by atoms with Gasteiger partial charge >= 0.3 is 0 Å². The minimum atomic E-state index is 0.763. The molecule has 0 aromatic heterocycles. The van der Waals surface area contributed by atoms with Crippen LogP contribution in [0.3, 0.4) is 0 Å². The summed E-state index contributed by atoms with van der Waals surface area (Å²) in [6.45, 7) is 1.91. The van der Waals surface area contributed by atoms with Crippen LogP contribution in [0, 0.1) is 0 Å². The molecule has 5 nitrogen and oxygen atoms in total. The second-order valence-corrected chi connectivity index (χ2v) is 5.98. The van der Waals surface area contributed by atoms with Crippen LogP contribution in [0.1, 0.15) is 17.5 Å². The fourth-order valence-electron chi connectivity index (χ4n) is 2.85. The van der Waals surface area contributed by atoms with Gasteiger partial charge in [0.15, 0.2) is 23.0 Å². The summed E-state index contributed by atoms with van der Waals surface area (Å²) in [5.74, 6) is 3.09. The van der Waals surface area contributed by atoms with Gasteiger partial charge in [0.2, 0.25) is 0 Å². The van der Waals surface area contributed by atoms with Gasteiger partial charge in [0.05, 0.1) is 28.4 Å². The molecule has 0 unspecified atom stereocenters. The van der Waals surface area contributed by atoms with Crippen molar-refractivity contribution in [2.75, 3.05) is 41.5 Å². The van der Waals surface area contributed by atoms with Crippen molar-refractivity contribution in [3.8, 4) is 23.0 Å². The molecular formula is C21H29NO4. The number of methoxy groups -OCH3 is 4. The summed E-state index contributed by atoms with van der Waals surface area (Å²) >= 11 is 0. The van der Waals surface area contributed by atoms with Crippen molar-refractivity contribution >= 4 is 0 Å². The summed E-state index contributed by atoms with van der Waals surface area (Å²) in [5, 5.41) is 3.49. The number of benzene rings is 2. The van der Waals surface area contributed by atoms with E-state index in [-0.39, 0.29) is 0 Å². The van der Waals surface area contributed by atoms with E-state index in [9.17, 15) is 0 Å². The zero-order chi connectivity index (χ0) is 18.8. The summed E-state index contributed by atoms with van der Waals surface area (Å²) in [4.78, 5) is 0. The Morgan fingerprint density at radius 3 is 1.62 bits per heavy atom. The van der Waals surface area contributed by atoms with Crippen molar-refractivity contribution in [3.63, 3.8) is 0 Å². The van der Waals surface area contributed by atoms with E-state index in [0.29, 0.717) is 0 Å². The third-order valence-electron chi connectivity index (χ3n) is 4.31. The Bertz CT molecular complexity index is 628. The molecule has 0 heterocycles. The molecule has 1 N–H and O–H groups in total. The number of aryl methyl sites for hydroxylation is 1. The molecule has 0 fully saturated rings. The lowest BCUT2D eigenvalue weighted by Crippen LogP contribution is -2.19. The second kappa shape index (κ2) is 10.6. The van der Waals surface area contributed by atoms with E-state index >= 15 is 0 Å². The summed E-state index contributed by atoms with van der Waals surface area (Å²) in [6.07, 6.45) is 3.03. The van der Waals surface area contributed by atoms with E-state index in [1.165, 1.54) is 11.1 Å². The minimum Gasteiger partial charge on any atom is -0.493 e. The minimum absolute atomic E-state index is 0.763. The molecule has 0 aliphatic carbocycles. The summed E-state index contributed by atoms with van der Waals surface area (Å²) in [5.41, 5.74) is 2.49. The van der Waals surface area contributed by atoms with Crippen LogP contribution in [0.15, 0.2) is 36.4 Å². The number of hydrogen-bond donors (Lipinski definition) is 1. The third-order valence-corrected chi connectivity index (χ3v) is 4.31. The first-order valence-corrected chi connectivity index (χ1v) is 8.84. The van der Waals surface area contributed by atoms with Crippen LogP contribution in [-0.4, -0.2) is 41.5 Å². The Labute approximate surface area is 156 Å². The molecular weight excluding hydrogens is 330 g/mol. The largest absolute Gasteiger partial charge is 0.493 e. The fourth-order valence-corrected chi connectivity index (χ4v) is 2.85. The molecule has 2 rings (SSSR count). The van der Waals surface area contributed by atoms with Gasteiger partial charge in [0.25, 0.3) is 0 Å². The highest BCUT2D eigenvalue weighted by atomic mass is 16.5. The van der Waals surface area contributed by atoms with Gasteiger partial charge in [-0.25, -0.2) is 0 Å². The van der Waals surface area contributed by atoms with Crippen LogP contribution < -0.4 is 24.3 Å². The van der Waals surface area contributed by atoms with E-state index in [0.717, 1.165) is 55.4 Å². The second-order valence-electron chi connectivity index (χ2n) is 5.98. The van der Waals surface area contributed by atoms with Crippen LogP contribution in [0.25, 0.3) is 0 Å². The van der Waals surface area contributed by atoms with Gasteiger partial charge in [-0.1, -0.05) is 12.1 Å². The Morgan fingerprint density at radius 1 is 0.615 bits per heavy atom. The molecule has 2 aromatic carbocycles. The Balaban J connectivity index is 1.71. The van der Waals surface area contributed by atoms with Crippen molar-refractivity contribution in [2.45, 2.75) is 19.3 Å². The zero-order valence-corrected chi connectivity index (χ0v) is 16.1. The Hall–Kier alpha value is -2.40. The average molecular weight is 359 g/mol. The van der Waals surface area contributed by atoms with Crippen molar-refractivity contribution in [2.24, 2.45) is 0 Å². The highest BCUT2D eigenvalue weighted by Gasteiger charge is 2.05. The number of ether oxygens (including phenoxy) is 4. The number of rotatable bonds is 11. The summed E-state index contributed by atoms with van der Waals surface area (Å²) in [6, 6.07) is 12.1. The highest BCUT2D eigenvalue weighted by molar-refractivity contribution is 5.43. The SMILES string of the molecule is COc1ccc(CCCNCCc2ccc(OC)c(OC)c2)cc1OC. The molecule has 0 saturated carbocycles. The van der Waals surface area contributed by atoms with Crippen molar-refractivity contribution in [1.82, 2.24) is 5.32 Å². The average Bonchev–Trinajstić information content (AvgIpc) is 2.70. The van der Waals surface area contributed by atoms with Gasteiger partial charge in [-0.2, -0.15) is 0 Å². The van der Waals surface area contributed by atoms with E-state index in [2.05, 4.69) is 17.4 Å². The van der Waals surface area contributed by atoms with E-state index in [1.54, 1.807) is 28.4 Å². The monoisotopic (exact) mass is 359 g/mol. The molecule has 0 aliphatic rings. The molecule has 2 aromatic rings. The standard InChI is InChI=1S/C21H29NO4/c1-23-18-9-7-16(14-20(18)25-3)6-5-12-22-13-11-17-8-10-19(24-2)21(15-17)26-4/h7-10,14-15,22H,5-6,11-13H2,1-4H3. The van der Waals surface area contributed by atoms with E-state index in [4.69, 9.17) is 18.9 Å². The molecule has 26 heavy (non-hydrogen) atoms. The maximum atomic E-state index is 5.35. The summed E-state index contributed by atoms with van der Waals surface area (Å²) < 4.78 is 21.2. The van der Waals surface area contributed by atoms with Crippen LogP contribution in [0.2, 0.25) is 0 Å².